The van der Waals surface area contributed by atoms with E-state index in [4.69, 9.17) is 10.8 Å². The van der Waals surface area contributed by atoms with Gasteiger partial charge in [0.25, 0.3) is 5.91 Å². The molecule has 1 aromatic carbocycles. The van der Waals surface area contributed by atoms with E-state index in [-0.39, 0.29) is 5.91 Å². The van der Waals surface area contributed by atoms with Gasteiger partial charge >= 0.3 is 0 Å². The topological polar surface area (TPSA) is 68.0 Å². The fourth-order valence-corrected chi connectivity index (χ4v) is 2.97. The Kier molecular flexibility index (Phi) is 3.18. The summed E-state index contributed by atoms with van der Waals surface area (Å²) in [4.78, 5) is 16.9. The zero-order valence-corrected chi connectivity index (χ0v) is 11.9. The van der Waals surface area contributed by atoms with Gasteiger partial charge in [-0.3, -0.25) is 15.2 Å². The van der Waals surface area contributed by atoms with E-state index < -0.39 is 0 Å². The van der Waals surface area contributed by atoms with Gasteiger partial charge in [-0.05, 0) is 48.4 Å². The van der Waals surface area contributed by atoms with Crippen LogP contribution in [0.1, 0.15) is 53.4 Å². The van der Waals surface area contributed by atoms with E-state index in [1.54, 1.807) is 0 Å². The highest BCUT2D eigenvalue weighted by atomic mass is 16.2. The molecule has 1 aliphatic carbocycles. The van der Waals surface area contributed by atoms with Gasteiger partial charge in [-0.25, -0.2) is 5.84 Å². The van der Waals surface area contributed by atoms with Crippen molar-refractivity contribution in [1.29, 1.82) is 0 Å². The van der Waals surface area contributed by atoms with Crippen LogP contribution in [0.15, 0.2) is 18.2 Å². The molecule has 0 radical (unpaired) electrons. The molecule has 4 nitrogen and oxygen atoms in total. The summed E-state index contributed by atoms with van der Waals surface area (Å²) in [5.74, 6) is 5.57. The predicted molar refractivity (Wildman–Crippen MR) is 79.5 cm³/mol. The molecule has 0 bridgehead atoms. The van der Waals surface area contributed by atoms with Gasteiger partial charge in [0.2, 0.25) is 0 Å². The largest absolute Gasteiger partial charge is 0.290 e. The number of nitrogens with one attached hydrogen (secondary N) is 1. The second-order valence-corrected chi connectivity index (χ2v) is 5.67. The molecule has 3 rings (SSSR count). The molecule has 1 aliphatic rings. The van der Waals surface area contributed by atoms with Crippen LogP contribution in [0.2, 0.25) is 0 Å². The number of rotatable bonds is 2. The van der Waals surface area contributed by atoms with Crippen LogP contribution in [-0.2, 0) is 12.8 Å². The standard InChI is InChI=1S/C16H19N3O/c1-9(2)10-6-7-14-12(8-10)15(16(20)19-17)11-4-3-5-13(11)18-14/h6-9H,3-5,17H2,1-2H3,(H,19,20). The first kappa shape index (κ1) is 13.1. The van der Waals surface area contributed by atoms with Crippen LogP contribution in [0.4, 0.5) is 0 Å². The lowest BCUT2D eigenvalue weighted by Gasteiger charge is -2.13. The van der Waals surface area contributed by atoms with Gasteiger partial charge in [0.15, 0.2) is 0 Å². The SMILES string of the molecule is CC(C)c1ccc2nc3c(c(C(=O)NN)c2c1)CCC3. The summed E-state index contributed by atoms with van der Waals surface area (Å²) in [6.45, 7) is 4.29. The van der Waals surface area contributed by atoms with E-state index in [0.29, 0.717) is 11.5 Å². The quantitative estimate of drug-likeness (QED) is 0.500. The zero-order valence-electron chi connectivity index (χ0n) is 11.9. The first-order valence-corrected chi connectivity index (χ1v) is 7.08. The fraction of sp³-hybridized carbons (Fsp3) is 0.375. The number of carbonyl (C=O) groups excluding carboxylic acids is 1. The molecule has 0 fully saturated rings. The van der Waals surface area contributed by atoms with E-state index in [2.05, 4.69) is 31.4 Å². The maximum atomic E-state index is 12.2. The van der Waals surface area contributed by atoms with Gasteiger partial charge in [0.05, 0.1) is 11.1 Å². The van der Waals surface area contributed by atoms with Crippen LogP contribution in [0, 0.1) is 0 Å². The molecule has 1 heterocycles. The van der Waals surface area contributed by atoms with Gasteiger partial charge in [-0.2, -0.15) is 0 Å². The minimum Gasteiger partial charge on any atom is -0.290 e. The molecule has 2 aromatic rings. The van der Waals surface area contributed by atoms with Crippen molar-refractivity contribution in [2.24, 2.45) is 5.84 Å². The Morgan fingerprint density at radius 2 is 2.15 bits per heavy atom. The maximum Gasteiger partial charge on any atom is 0.266 e. The van der Waals surface area contributed by atoms with Crippen LogP contribution in [0.5, 0.6) is 0 Å². The van der Waals surface area contributed by atoms with E-state index in [9.17, 15) is 4.79 Å². The van der Waals surface area contributed by atoms with Crippen molar-refractivity contribution in [3.8, 4) is 0 Å². The molecule has 3 N–H and O–H groups in total. The number of amides is 1. The number of pyridine rings is 1. The number of aryl methyl sites for hydroxylation is 1. The summed E-state index contributed by atoms with van der Waals surface area (Å²) in [5.41, 5.74) is 7.21. The molecule has 0 saturated carbocycles. The Morgan fingerprint density at radius 3 is 2.85 bits per heavy atom. The molecule has 20 heavy (non-hydrogen) atoms. The minimum atomic E-state index is -0.212. The molecule has 0 spiro atoms. The molecule has 0 saturated heterocycles. The summed E-state index contributed by atoms with van der Waals surface area (Å²) < 4.78 is 0. The van der Waals surface area contributed by atoms with Gasteiger partial charge in [-0.15, -0.1) is 0 Å². The number of nitrogens with zero attached hydrogens (tertiary/aromatic N) is 1. The molecular weight excluding hydrogens is 250 g/mol. The molecule has 0 aliphatic heterocycles. The lowest BCUT2D eigenvalue weighted by atomic mass is 9.95. The second-order valence-electron chi connectivity index (χ2n) is 5.67. The summed E-state index contributed by atoms with van der Waals surface area (Å²) in [6.07, 6.45) is 2.91. The first-order valence-electron chi connectivity index (χ1n) is 7.08. The highest BCUT2D eigenvalue weighted by molar-refractivity contribution is 6.07. The number of hydrogen-bond donors (Lipinski definition) is 2. The van der Waals surface area contributed by atoms with Crippen molar-refractivity contribution in [1.82, 2.24) is 10.4 Å². The van der Waals surface area contributed by atoms with Gasteiger partial charge < -0.3 is 0 Å². The van der Waals surface area contributed by atoms with Crippen LogP contribution >= 0.6 is 0 Å². The average molecular weight is 269 g/mol. The van der Waals surface area contributed by atoms with Crippen molar-refractivity contribution in [2.75, 3.05) is 0 Å². The van der Waals surface area contributed by atoms with Crippen molar-refractivity contribution < 1.29 is 4.79 Å². The first-order chi connectivity index (χ1) is 9.61. The van der Waals surface area contributed by atoms with Crippen molar-refractivity contribution in [3.63, 3.8) is 0 Å². The van der Waals surface area contributed by atoms with E-state index in [1.165, 1.54) is 5.56 Å². The van der Waals surface area contributed by atoms with E-state index in [1.807, 2.05) is 6.07 Å². The summed E-state index contributed by atoms with van der Waals surface area (Å²) in [5, 5.41) is 0.916. The van der Waals surface area contributed by atoms with Crippen LogP contribution < -0.4 is 11.3 Å². The maximum absolute atomic E-state index is 12.2. The Morgan fingerprint density at radius 1 is 1.35 bits per heavy atom. The normalized spacial score (nSPS) is 13.8. The molecule has 104 valence electrons. The number of benzene rings is 1. The smallest absolute Gasteiger partial charge is 0.266 e. The van der Waals surface area contributed by atoms with Gasteiger partial charge in [-0.1, -0.05) is 19.9 Å². The minimum absolute atomic E-state index is 0.212. The third-order valence-electron chi connectivity index (χ3n) is 4.06. The van der Waals surface area contributed by atoms with Crippen LogP contribution in [0.3, 0.4) is 0 Å². The number of carbonyl (C=O) groups is 1. The summed E-state index contributed by atoms with van der Waals surface area (Å²) in [6, 6.07) is 6.18. The molecule has 0 unspecified atom stereocenters. The van der Waals surface area contributed by atoms with E-state index in [0.717, 1.165) is 41.4 Å². The number of nitrogen functional groups attached to an aromatic ring is 1. The Balaban J connectivity index is 2.34. The zero-order chi connectivity index (χ0) is 14.3. The number of hydrazine groups is 1. The molecule has 4 heteroatoms. The Bertz CT molecular complexity index is 692. The number of hydrogen-bond acceptors (Lipinski definition) is 3. The van der Waals surface area contributed by atoms with Crippen molar-refractivity contribution in [3.05, 3.63) is 40.6 Å². The van der Waals surface area contributed by atoms with Gasteiger partial charge in [0, 0.05) is 11.1 Å². The third kappa shape index (κ3) is 1.96. The summed E-state index contributed by atoms with van der Waals surface area (Å²) >= 11 is 0. The lowest BCUT2D eigenvalue weighted by molar-refractivity contribution is 0.0954. The van der Waals surface area contributed by atoms with Crippen LogP contribution in [0.25, 0.3) is 10.9 Å². The predicted octanol–water partition coefficient (Wildman–Crippen LogP) is 2.45. The molecule has 0 atom stereocenters. The van der Waals surface area contributed by atoms with Gasteiger partial charge in [0.1, 0.15) is 0 Å². The lowest BCUT2D eigenvalue weighted by Crippen LogP contribution is -2.31. The van der Waals surface area contributed by atoms with Crippen molar-refractivity contribution >= 4 is 16.8 Å². The highest BCUT2D eigenvalue weighted by Gasteiger charge is 2.23. The monoisotopic (exact) mass is 269 g/mol. The number of aromatic nitrogens is 1. The number of nitrogens with two attached hydrogens (primary N) is 1. The number of fused-ring (bicyclic) bond motifs is 2. The molecule has 1 amide bonds. The second kappa shape index (κ2) is 4.87. The Labute approximate surface area is 118 Å². The average Bonchev–Trinajstić information content (AvgIpc) is 2.90. The summed E-state index contributed by atoms with van der Waals surface area (Å²) in [7, 11) is 0. The highest BCUT2D eigenvalue weighted by Crippen LogP contribution is 2.31. The molecular formula is C16H19N3O. The van der Waals surface area contributed by atoms with Crippen LogP contribution in [-0.4, -0.2) is 10.9 Å². The molecule has 1 aromatic heterocycles. The fourth-order valence-electron chi connectivity index (χ4n) is 2.97. The van der Waals surface area contributed by atoms with E-state index >= 15 is 0 Å². The van der Waals surface area contributed by atoms with Crippen molar-refractivity contribution in [2.45, 2.75) is 39.0 Å². The third-order valence-corrected chi connectivity index (χ3v) is 4.06. The Hall–Kier alpha value is -1.94.